The van der Waals surface area contributed by atoms with Gasteiger partial charge in [-0.3, -0.25) is 9.78 Å². The van der Waals surface area contributed by atoms with Gasteiger partial charge in [0.25, 0.3) is 11.8 Å². The Morgan fingerprint density at radius 2 is 1.71 bits per heavy atom. The Morgan fingerprint density at radius 3 is 2.54 bits per heavy atom. The van der Waals surface area contributed by atoms with E-state index in [9.17, 15) is 4.79 Å². The number of carbonyl (C=O) groups is 1. The molecule has 41 heavy (non-hydrogen) atoms. The summed E-state index contributed by atoms with van der Waals surface area (Å²) >= 11 is 1.55. The molecule has 0 radical (unpaired) electrons. The zero-order chi connectivity index (χ0) is 27.6. The fraction of sp³-hybridized carbons (Fsp3) is 0.172. The average Bonchev–Trinajstić information content (AvgIpc) is 3.65. The number of hydrogen-bond donors (Lipinski definition) is 2. The van der Waals surface area contributed by atoms with Crippen molar-refractivity contribution in [2.24, 2.45) is 4.99 Å². The minimum Gasteiger partial charge on any atom is -0.402 e. The van der Waals surface area contributed by atoms with Crippen LogP contribution in [-0.2, 0) is 9.53 Å². The van der Waals surface area contributed by atoms with Crippen LogP contribution in [0.3, 0.4) is 0 Å². The van der Waals surface area contributed by atoms with Crippen LogP contribution >= 0.6 is 11.3 Å². The van der Waals surface area contributed by atoms with E-state index in [2.05, 4.69) is 30.7 Å². The van der Waals surface area contributed by atoms with Gasteiger partial charge in [-0.2, -0.15) is 0 Å². The van der Waals surface area contributed by atoms with Crippen LogP contribution in [0.15, 0.2) is 88.5 Å². The number of benzene rings is 2. The van der Waals surface area contributed by atoms with Gasteiger partial charge in [0.15, 0.2) is 5.69 Å². The molecule has 1 fully saturated rings. The van der Waals surface area contributed by atoms with E-state index >= 15 is 0 Å². The fourth-order valence-electron chi connectivity index (χ4n) is 4.73. The first-order chi connectivity index (χ1) is 20.2. The predicted molar refractivity (Wildman–Crippen MR) is 156 cm³/mol. The van der Waals surface area contributed by atoms with E-state index in [-0.39, 0.29) is 17.8 Å². The van der Waals surface area contributed by atoms with Crippen molar-refractivity contribution in [2.45, 2.75) is 6.17 Å². The Morgan fingerprint density at radius 1 is 0.927 bits per heavy atom. The molecule has 0 aliphatic carbocycles. The minimum absolute atomic E-state index is 0.0636. The van der Waals surface area contributed by atoms with Gasteiger partial charge in [0.1, 0.15) is 10.0 Å². The number of thiazole rings is 1. The van der Waals surface area contributed by atoms with Crippen LogP contribution in [0, 0.1) is 0 Å². The SMILES string of the molecule is O=C1Nc2ccccc2C(c2ccccc2)=NC1Nc1nnc(-c2nc(-c3ccncc3)sc2N2CCOCC2)o1. The summed E-state index contributed by atoms with van der Waals surface area (Å²) in [4.78, 5) is 29.3. The van der Waals surface area contributed by atoms with E-state index in [1.807, 2.05) is 66.7 Å². The topological polar surface area (TPSA) is 131 Å². The van der Waals surface area contributed by atoms with Gasteiger partial charge in [0.2, 0.25) is 6.17 Å². The standard InChI is InChI=1S/C29H24N8O3S/c38-25-24(32-22(18-6-2-1-3-7-18)20-8-4-5-9-21(20)31-25)34-29-36-35-26(40-29)23-28(37-14-16-39-17-15-37)41-27(33-23)19-10-12-30-13-11-19/h1-13,24H,14-17H2,(H,31,38)(H,34,36). The van der Waals surface area contributed by atoms with Crippen LogP contribution in [-0.4, -0.2) is 64.3 Å². The van der Waals surface area contributed by atoms with Crippen molar-refractivity contribution < 1.29 is 13.9 Å². The number of anilines is 3. The number of benzodiazepines with no additional fused rings is 1. The lowest BCUT2D eigenvalue weighted by Gasteiger charge is -2.27. The number of nitrogens with one attached hydrogen (secondary N) is 2. The monoisotopic (exact) mass is 564 g/mol. The third-order valence-corrected chi connectivity index (χ3v) is 7.88. The van der Waals surface area contributed by atoms with Gasteiger partial charge in [-0.1, -0.05) is 65.0 Å². The lowest BCUT2D eigenvalue weighted by atomic mass is 10.0. The zero-order valence-corrected chi connectivity index (χ0v) is 22.5. The highest BCUT2D eigenvalue weighted by Gasteiger charge is 2.29. The average molecular weight is 565 g/mol. The summed E-state index contributed by atoms with van der Waals surface area (Å²) in [6.45, 7) is 2.70. The fourth-order valence-corrected chi connectivity index (χ4v) is 5.84. The third-order valence-electron chi connectivity index (χ3n) is 6.72. The Labute approximate surface area is 239 Å². The Bertz CT molecular complexity index is 1710. The highest BCUT2D eigenvalue weighted by molar-refractivity contribution is 7.19. The van der Waals surface area contributed by atoms with Gasteiger partial charge < -0.3 is 24.7 Å². The Kier molecular flexibility index (Phi) is 6.67. The number of ether oxygens (including phenoxy) is 1. The molecule has 2 aliphatic rings. The number of amides is 1. The molecule has 1 unspecified atom stereocenters. The highest BCUT2D eigenvalue weighted by atomic mass is 32.1. The molecule has 12 heteroatoms. The molecule has 5 heterocycles. The van der Waals surface area contributed by atoms with Gasteiger partial charge in [0, 0.05) is 42.2 Å². The number of rotatable bonds is 6. The molecule has 1 saturated heterocycles. The maximum absolute atomic E-state index is 13.3. The minimum atomic E-state index is -1.01. The van der Waals surface area contributed by atoms with E-state index in [1.54, 1.807) is 23.7 Å². The molecular weight excluding hydrogens is 540 g/mol. The molecule has 1 amide bonds. The number of para-hydroxylation sites is 1. The number of hydrogen-bond acceptors (Lipinski definition) is 11. The van der Waals surface area contributed by atoms with Crippen LogP contribution in [0.1, 0.15) is 11.1 Å². The Hall–Kier alpha value is -4.94. The number of aliphatic imine (C=N–C) groups is 1. The van der Waals surface area contributed by atoms with E-state index < -0.39 is 6.17 Å². The van der Waals surface area contributed by atoms with E-state index in [0.29, 0.717) is 30.3 Å². The smallest absolute Gasteiger partial charge is 0.317 e. The lowest BCUT2D eigenvalue weighted by Crippen LogP contribution is -2.35. The Balaban J connectivity index is 1.23. The summed E-state index contributed by atoms with van der Waals surface area (Å²) in [5, 5.41) is 16.2. The number of morpholine rings is 1. The molecule has 2 aliphatic heterocycles. The summed E-state index contributed by atoms with van der Waals surface area (Å²) in [5.74, 6) is -0.0964. The molecule has 204 valence electrons. The molecular formula is C29H24N8O3S. The van der Waals surface area contributed by atoms with Crippen molar-refractivity contribution in [1.29, 1.82) is 0 Å². The van der Waals surface area contributed by atoms with E-state index in [0.717, 1.165) is 39.8 Å². The van der Waals surface area contributed by atoms with Crippen molar-refractivity contribution in [2.75, 3.05) is 41.8 Å². The van der Waals surface area contributed by atoms with Crippen molar-refractivity contribution in [3.05, 3.63) is 90.3 Å². The van der Waals surface area contributed by atoms with Crippen molar-refractivity contribution >= 4 is 39.7 Å². The highest BCUT2D eigenvalue weighted by Crippen LogP contribution is 2.40. The van der Waals surface area contributed by atoms with Gasteiger partial charge in [-0.05, 0) is 18.2 Å². The van der Waals surface area contributed by atoms with Crippen LogP contribution in [0.2, 0.25) is 0 Å². The quantitative estimate of drug-likeness (QED) is 0.310. The van der Waals surface area contributed by atoms with E-state index in [4.69, 9.17) is 19.1 Å². The normalized spacial score (nSPS) is 16.9. The molecule has 2 N–H and O–H groups in total. The summed E-state index contributed by atoms with van der Waals surface area (Å²) in [6.07, 6.45) is 2.46. The molecule has 0 bridgehead atoms. The van der Waals surface area contributed by atoms with Gasteiger partial charge in [-0.25, -0.2) is 9.98 Å². The number of fused-ring (bicyclic) bond motifs is 1. The van der Waals surface area contributed by atoms with Crippen molar-refractivity contribution in [3.8, 4) is 22.2 Å². The van der Waals surface area contributed by atoms with Crippen molar-refractivity contribution in [3.63, 3.8) is 0 Å². The first-order valence-corrected chi connectivity index (χ1v) is 13.9. The third kappa shape index (κ3) is 5.06. The summed E-state index contributed by atoms with van der Waals surface area (Å²) in [7, 11) is 0. The van der Waals surface area contributed by atoms with Gasteiger partial charge in [-0.15, -0.1) is 5.10 Å². The predicted octanol–water partition coefficient (Wildman–Crippen LogP) is 4.32. The molecule has 2 aromatic carbocycles. The second-order valence-corrected chi connectivity index (χ2v) is 10.3. The number of aromatic nitrogens is 4. The molecule has 0 saturated carbocycles. The number of carbonyl (C=O) groups excluding carboxylic acids is 1. The maximum Gasteiger partial charge on any atom is 0.317 e. The van der Waals surface area contributed by atoms with E-state index in [1.165, 1.54) is 0 Å². The molecule has 3 aromatic heterocycles. The first-order valence-electron chi connectivity index (χ1n) is 13.1. The van der Waals surface area contributed by atoms with Gasteiger partial charge >= 0.3 is 6.01 Å². The lowest BCUT2D eigenvalue weighted by molar-refractivity contribution is -0.116. The molecule has 5 aromatic rings. The van der Waals surface area contributed by atoms with Gasteiger partial charge in [0.05, 0.1) is 24.6 Å². The number of pyridine rings is 1. The van der Waals surface area contributed by atoms with Crippen LogP contribution in [0.4, 0.5) is 16.7 Å². The summed E-state index contributed by atoms with van der Waals surface area (Å²) in [5.41, 5.74) is 4.58. The zero-order valence-electron chi connectivity index (χ0n) is 21.7. The summed E-state index contributed by atoms with van der Waals surface area (Å²) in [6, 6.07) is 21.2. The largest absolute Gasteiger partial charge is 0.402 e. The van der Waals surface area contributed by atoms with Crippen LogP contribution in [0.25, 0.3) is 22.2 Å². The second-order valence-electron chi connectivity index (χ2n) is 9.35. The summed E-state index contributed by atoms with van der Waals surface area (Å²) < 4.78 is 11.6. The first kappa shape index (κ1) is 25.1. The molecule has 11 nitrogen and oxygen atoms in total. The molecule has 1 atom stereocenters. The maximum atomic E-state index is 13.3. The second kappa shape index (κ2) is 10.9. The molecule has 7 rings (SSSR count). The van der Waals surface area contributed by atoms with Crippen LogP contribution in [0.5, 0.6) is 0 Å². The van der Waals surface area contributed by atoms with Crippen molar-refractivity contribution in [1.82, 2.24) is 20.2 Å². The van der Waals surface area contributed by atoms with Crippen LogP contribution < -0.4 is 15.5 Å². The molecule has 0 spiro atoms. The number of nitrogens with zero attached hydrogens (tertiary/aromatic N) is 6.